The number of rotatable bonds is 3. The van der Waals surface area contributed by atoms with Gasteiger partial charge in [0.05, 0.1) is 13.0 Å². The highest BCUT2D eigenvalue weighted by molar-refractivity contribution is 5.73. The minimum absolute atomic E-state index is 0.0415. The lowest BCUT2D eigenvalue weighted by Gasteiger charge is -2.27. The van der Waals surface area contributed by atoms with Crippen LogP contribution in [0.4, 0.5) is 0 Å². The van der Waals surface area contributed by atoms with Gasteiger partial charge in [0.2, 0.25) is 0 Å². The average Bonchev–Trinajstić information content (AvgIpc) is 2.76. The number of ether oxygens (including phenoxy) is 1. The van der Waals surface area contributed by atoms with Crippen LogP contribution in [0.15, 0.2) is 0 Å². The molecule has 14 heavy (non-hydrogen) atoms. The molecule has 4 atom stereocenters. The molecule has 0 aliphatic heterocycles. The summed E-state index contributed by atoms with van der Waals surface area (Å²) in [7, 11) is 1.47. The van der Waals surface area contributed by atoms with Crippen LogP contribution >= 0.6 is 0 Å². The zero-order chi connectivity index (χ0) is 10.1. The van der Waals surface area contributed by atoms with Crippen LogP contribution in [0.5, 0.6) is 0 Å². The van der Waals surface area contributed by atoms with Gasteiger partial charge in [-0.1, -0.05) is 0 Å². The van der Waals surface area contributed by atoms with Gasteiger partial charge in [0.15, 0.2) is 0 Å². The van der Waals surface area contributed by atoms with E-state index in [1.54, 1.807) is 0 Å². The third-order valence-corrected chi connectivity index (χ3v) is 3.95. The van der Waals surface area contributed by atoms with Crippen LogP contribution in [0.1, 0.15) is 25.7 Å². The van der Waals surface area contributed by atoms with Crippen molar-refractivity contribution in [3.63, 3.8) is 0 Å². The highest BCUT2D eigenvalue weighted by atomic mass is 16.5. The highest BCUT2D eigenvalue weighted by Gasteiger charge is 2.48. The maximum Gasteiger partial charge on any atom is 0.308 e. The number of methoxy groups -OCH3 is 1. The van der Waals surface area contributed by atoms with Crippen molar-refractivity contribution < 1.29 is 14.6 Å². The Bertz CT molecular complexity index is 227. The molecular weight excluding hydrogens is 180 g/mol. The first kappa shape index (κ1) is 9.97. The first-order chi connectivity index (χ1) is 6.76. The van der Waals surface area contributed by atoms with Crippen molar-refractivity contribution in [2.75, 3.05) is 13.7 Å². The molecule has 3 heteroatoms. The highest BCUT2D eigenvalue weighted by Crippen LogP contribution is 2.53. The summed E-state index contributed by atoms with van der Waals surface area (Å²) in [5.41, 5.74) is 0. The van der Waals surface area contributed by atoms with E-state index in [-0.39, 0.29) is 18.5 Å². The van der Waals surface area contributed by atoms with E-state index in [9.17, 15) is 4.79 Å². The second kappa shape index (κ2) is 3.89. The fourth-order valence-electron chi connectivity index (χ4n) is 3.42. The number of aliphatic hydroxyl groups is 1. The minimum Gasteiger partial charge on any atom is -0.469 e. The Balaban J connectivity index is 2.00. The lowest BCUT2D eigenvalue weighted by molar-refractivity contribution is -0.148. The molecule has 3 nitrogen and oxygen atoms in total. The number of hydrogen-bond donors (Lipinski definition) is 1. The molecule has 80 valence electrons. The Morgan fingerprint density at radius 2 is 2.21 bits per heavy atom. The van der Waals surface area contributed by atoms with Gasteiger partial charge in [0.25, 0.3) is 0 Å². The van der Waals surface area contributed by atoms with Gasteiger partial charge < -0.3 is 9.84 Å². The second-order valence-corrected chi connectivity index (χ2v) is 4.64. The third-order valence-electron chi connectivity index (χ3n) is 3.95. The summed E-state index contributed by atoms with van der Waals surface area (Å²) in [6.45, 7) is 0.252. The number of carbonyl (C=O) groups is 1. The second-order valence-electron chi connectivity index (χ2n) is 4.64. The largest absolute Gasteiger partial charge is 0.469 e. The molecule has 0 aromatic carbocycles. The summed E-state index contributed by atoms with van der Waals surface area (Å²) in [5, 5.41) is 8.92. The smallest absolute Gasteiger partial charge is 0.308 e. The maximum absolute atomic E-state index is 11.5. The Morgan fingerprint density at radius 3 is 2.79 bits per heavy atom. The summed E-state index contributed by atoms with van der Waals surface area (Å²) >= 11 is 0. The summed E-state index contributed by atoms with van der Waals surface area (Å²) in [4.78, 5) is 11.5. The lowest BCUT2D eigenvalue weighted by Crippen LogP contribution is -2.28. The molecule has 2 aliphatic rings. The van der Waals surface area contributed by atoms with E-state index < -0.39 is 0 Å². The first-order valence-corrected chi connectivity index (χ1v) is 5.45. The van der Waals surface area contributed by atoms with E-state index in [4.69, 9.17) is 9.84 Å². The van der Waals surface area contributed by atoms with Crippen molar-refractivity contribution in [3.8, 4) is 0 Å². The van der Waals surface area contributed by atoms with E-state index in [2.05, 4.69) is 0 Å². The van der Waals surface area contributed by atoms with E-state index in [0.717, 1.165) is 12.8 Å². The van der Waals surface area contributed by atoms with Gasteiger partial charge in [-0.05, 0) is 43.4 Å². The predicted octanol–water partition coefficient (Wildman–Crippen LogP) is 1.20. The normalized spacial score (nSPS) is 40.1. The monoisotopic (exact) mass is 198 g/mol. The van der Waals surface area contributed by atoms with Gasteiger partial charge in [0, 0.05) is 6.61 Å². The lowest BCUT2D eigenvalue weighted by atomic mass is 9.79. The zero-order valence-corrected chi connectivity index (χ0v) is 8.61. The van der Waals surface area contributed by atoms with Crippen molar-refractivity contribution in [3.05, 3.63) is 0 Å². The number of hydrogen-bond acceptors (Lipinski definition) is 3. The van der Waals surface area contributed by atoms with E-state index in [1.807, 2.05) is 0 Å². The molecule has 2 saturated carbocycles. The van der Waals surface area contributed by atoms with Crippen LogP contribution in [0.3, 0.4) is 0 Å². The molecule has 2 rings (SSSR count). The fourth-order valence-corrected chi connectivity index (χ4v) is 3.42. The predicted molar refractivity (Wildman–Crippen MR) is 51.5 cm³/mol. The summed E-state index contributed by atoms with van der Waals surface area (Å²) < 4.78 is 4.81. The van der Waals surface area contributed by atoms with Crippen LogP contribution in [0.25, 0.3) is 0 Å². The Kier molecular flexibility index (Phi) is 2.77. The summed E-state index contributed by atoms with van der Waals surface area (Å²) in [6, 6.07) is 0. The molecule has 0 amide bonds. The molecular formula is C11H18O3. The van der Waals surface area contributed by atoms with Crippen molar-refractivity contribution in [2.24, 2.45) is 23.7 Å². The van der Waals surface area contributed by atoms with Gasteiger partial charge >= 0.3 is 5.97 Å². The Morgan fingerprint density at radius 1 is 1.43 bits per heavy atom. The van der Waals surface area contributed by atoms with Gasteiger partial charge in [0.1, 0.15) is 0 Å². The molecule has 2 aliphatic carbocycles. The summed E-state index contributed by atoms with van der Waals surface area (Å²) in [6.07, 6.45) is 4.25. The molecule has 0 aromatic rings. The summed E-state index contributed by atoms with van der Waals surface area (Å²) in [5.74, 6) is 1.83. The molecule has 1 N–H and O–H groups in total. The quantitative estimate of drug-likeness (QED) is 0.693. The van der Waals surface area contributed by atoms with E-state index in [0.29, 0.717) is 17.8 Å². The van der Waals surface area contributed by atoms with Gasteiger partial charge in [-0.15, -0.1) is 0 Å². The van der Waals surface area contributed by atoms with Crippen LogP contribution in [0, 0.1) is 23.7 Å². The molecule has 2 bridgehead atoms. The number of aliphatic hydroxyl groups excluding tert-OH is 1. The Hall–Kier alpha value is -0.570. The number of carbonyl (C=O) groups excluding carboxylic acids is 1. The fraction of sp³-hybridized carbons (Fsp3) is 0.909. The van der Waals surface area contributed by atoms with Crippen molar-refractivity contribution >= 4 is 5.97 Å². The average molecular weight is 198 g/mol. The van der Waals surface area contributed by atoms with E-state index in [1.165, 1.54) is 20.0 Å². The van der Waals surface area contributed by atoms with Gasteiger partial charge in [-0.25, -0.2) is 0 Å². The molecule has 2 fully saturated rings. The van der Waals surface area contributed by atoms with Crippen LogP contribution < -0.4 is 0 Å². The number of esters is 1. The van der Waals surface area contributed by atoms with E-state index >= 15 is 0 Å². The van der Waals surface area contributed by atoms with Gasteiger partial charge in [-0.2, -0.15) is 0 Å². The van der Waals surface area contributed by atoms with Gasteiger partial charge in [-0.3, -0.25) is 4.79 Å². The zero-order valence-electron chi connectivity index (χ0n) is 8.61. The molecule has 0 aromatic heterocycles. The third kappa shape index (κ3) is 1.54. The molecule has 0 radical (unpaired) electrons. The molecule has 0 spiro atoms. The molecule has 4 unspecified atom stereocenters. The topological polar surface area (TPSA) is 46.5 Å². The molecule has 0 heterocycles. The standard InChI is InChI=1S/C11H18O3/c1-14-11(13)10-6-7-4-8(2-3-12)9(10)5-7/h7-10,12H,2-6H2,1H3. The SMILES string of the molecule is COC(=O)C1CC2CC(CCO)C1C2. The number of fused-ring (bicyclic) bond motifs is 2. The van der Waals surface area contributed by atoms with Crippen molar-refractivity contribution in [1.82, 2.24) is 0 Å². The maximum atomic E-state index is 11.5. The minimum atomic E-state index is -0.0415. The first-order valence-electron chi connectivity index (χ1n) is 5.45. The van der Waals surface area contributed by atoms with Crippen LogP contribution in [-0.4, -0.2) is 24.8 Å². The Labute approximate surface area is 84.4 Å². The molecule has 0 saturated heterocycles. The van der Waals surface area contributed by atoms with Crippen molar-refractivity contribution in [2.45, 2.75) is 25.7 Å². The van der Waals surface area contributed by atoms with Crippen LogP contribution in [0.2, 0.25) is 0 Å². The van der Waals surface area contributed by atoms with Crippen LogP contribution in [-0.2, 0) is 9.53 Å². The van der Waals surface area contributed by atoms with Crippen molar-refractivity contribution in [1.29, 1.82) is 0 Å².